The molecule has 0 amide bonds. The molecule has 0 radical (unpaired) electrons. The molecule has 1 N–H and O–H groups in total. The van der Waals surface area contributed by atoms with E-state index in [2.05, 4.69) is 9.71 Å². The summed E-state index contributed by atoms with van der Waals surface area (Å²) in [7, 11) is 1.60. The number of hydrogen-bond acceptors (Lipinski definition) is 3. The SMILES string of the molecule is CO[S+](NCc1ccc(C(F)(F)F)nc1)C(C)(C)C. The lowest BCUT2D eigenvalue weighted by Gasteiger charge is -2.17. The maximum absolute atomic E-state index is 12.3. The van der Waals surface area contributed by atoms with Crippen LogP contribution in [0.3, 0.4) is 0 Å². The van der Waals surface area contributed by atoms with Gasteiger partial charge in [0.2, 0.25) is 11.4 Å². The zero-order chi connectivity index (χ0) is 14.7. The molecule has 0 bridgehead atoms. The van der Waals surface area contributed by atoms with E-state index in [4.69, 9.17) is 4.18 Å². The second kappa shape index (κ2) is 6.11. The molecule has 0 aliphatic rings. The minimum atomic E-state index is -4.39. The number of pyridine rings is 1. The van der Waals surface area contributed by atoms with E-state index in [9.17, 15) is 13.2 Å². The fraction of sp³-hybridized carbons (Fsp3) is 0.583. The van der Waals surface area contributed by atoms with Gasteiger partial charge in [0.05, 0.1) is 13.7 Å². The van der Waals surface area contributed by atoms with Crippen LogP contribution in [0.15, 0.2) is 18.3 Å². The molecule has 1 atom stereocenters. The number of alkyl halides is 3. The van der Waals surface area contributed by atoms with Crippen molar-refractivity contribution in [2.24, 2.45) is 0 Å². The van der Waals surface area contributed by atoms with Crippen molar-refractivity contribution < 1.29 is 17.4 Å². The van der Waals surface area contributed by atoms with E-state index >= 15 is 0 Å². The Bertz CT molecular complexity index is 401. The third-order valence-corrected chi connectivity index (χ3v) is 4.10. The quantitative estimate of drug-likeness (QED) is 0.867. The van der Waals surface area contributed by atoms with E-state index in [1.807, 2.05) is 20.8 Å². The lowest BCUT2D eigenvalue weighted by Crippen LogP contribution is -2.40. The van der Waals surface area contributed by atoms with E-state index in [-0.39, 0.29) is 4.75 Å². The van der Waals surface area contributed by atoms with Gasteiger partial charge in [-0.25, -0.2) is 0 Å². The molecule has 0 aliphatic carbocycles. The van der Waals surface area contributed by atoms with Gasteiger partial charge in [-0.15, -0.1) is 4.72 Å². The molecule has 108 valence electrons. The number of aromatic nitrogens is 1. The fourth-order valence-electron chi connectivity index (χ4n) is 1.37. The molecule has 0 aliphatic heterocycles. The summed E-state index contributed by atoms with van der Waals surface area (Å²) >= 11 is -0.472. The van der Waals surface area contributed by atoms with Gasteiger partial charge >= 0.3 is 6.18 Å². The van der Waals surface area contributed by atoms with E-state index in [1.165, 1.54) is 12.3 Å². The molecule has 0 fully saturated rings. The Morgan fingerprint density at radius 2 is 1.89 bits per heavy atom. The Morgan fingerprint density at radius 1 is 1.26 bits per heavy atom. The largest absolute Gasteiger partial charge is 0.433 e. The number of hydrogen-bond donors (Lipinski definition) is 1. The van der Waals surface area contributed by atoms with Gasteiger partial charge in [0.15, 0.2) is 4.75 Å². The minimum Gasteiger partial charge on any atom is -0.251 e. The highest BCUT2D eigenvalue weighted by atomic mass is 32.2. The fourth-order valence-corrected chi connectivity index (χ4v) is 2.72. The molecule has 1 aromatic rings. The highest BCUT2D eigenvalue weighted by molar-refractivity contribution is 7.91. The van der Waals surface area contributed by atoms with Crippen molar-refractivity contribution in [2.75, 3.05) is 7.11 Å². The molecule has 0 saturated carbocycles. The number of rotatable bonds is 4. The molecule has 0 saturated heterocycles. The van der Waals surface area contributed by atoms with Crippen LogP contribution in [0.1, 0.15) is 32.0 Å². The van der Waals surface area contributed by atoms with Crippen LogP contribution in [0.2, 0.25) is 0 Å². The predicted octanol–water partition coefficient (Wildman–Crippen LogP) is 3.08. The van der Waals surface area contributed by atoms with E-state index in [0.29, 0.717) is 12.1 Å². The smallest absolute Gasteiger partial charge is 0.251 e. The molecule has 1 aromatic heterocycles. The molecular weight excluding hydrogens is 277 g/mol. The molecule has 1 heterocycles. The van der Waals surface area contributed by atoms with Crippen LogP contribution in [0, 0.1) is 0 Å². The lowest BCUT2D eigenvalue weighted by atomic mass is 10.2. The summed E-state index contributed by atoms with van der Waals surface area (Å²) in [5.41, 5.74) is -0.190. The van der Waals surface area contributed by atoms with Crippen LogP contribution in [-0.4, -0.2) is 16.8 Å². The molecule has 1 rings (SSSR count). The summed E-state index contributed by atoms with van der Waals surface area (Å²) in [5, 5.41) is 0. The van der Waals surface area contributed by atoms with Crippen LogP contribution in [0.25, 0.3) is 0 Å². The third kappa shape index (κ3) is 5.00. The Hall–Kier alpha value is -0.790. The van der Waals surface area contributed by atoms with Crippen molar-refractivity contribution in [3.05, 3.63) is 29.6 Å². The van der Waals surface area contributed by atoms with Gasteiger partial charge in [-0.05, 0) is 32.4 Å². The summed E-state index contributed by atoms with van der Waals surface area (Å²) in [6, 6.07) is 2.40. The lowest BCUT2D eigenvalue weighted by molar-refractivity contribution is -0.141. The van der Waals surface area contributed by atoms with Crippen molar-refractivity contribution in [1.29, 1.82) is 0 Å². The first-order valence-corrected chi connectivity index (χ1v) is 6.84. The third-order valence-electron chi connectivity index (χ3n) is 2.25. The van der Waals surface area contributed by atoms with Crippen LogP contribution in [0.4, 0.5) is 13.2 Å². The summed E-state index contributed by atoms with van der Waals surface area (Å²) in [4.78, 5) is 3.41. The molecule has 0 spiro atoms. The van der Waals surface area contributed by atoms with E-state index in [0.717, 1.165) is 6.07 Å². The van der Waals surface area contributed by atoms with E-state index < -0.39 is 23.2 Å². The van der Waals surface area contributed by atoms with Gasteiger partial charge in [0.1, 0.15) is 5.69 Å². The van der Waals surface area contributed by atoms with Crippen molar-refractivity contribution in [3.8, 4) is 0 Å². The Balaban J connectivity index is 2.64. The van der Waals surface area contributed by atoms with Crippen LogP contribution in [0.5, 0.6) is 0 Å². The highest BCUT2D eigenvalue weighted by Gasteiger charge is 2.37. The number of halogens is 3. The monoisotopic (exact) mass is 295 g/mol. The first kappa shape index (κ1) is 16.3. The average Bonchev–Trinajstić information content (AvgIpc) is 2.27. The van der Waals surface area contributed by atoms with Gasteiger partial charge in [-0.1, -0.05) is 6.07 Å². The van der Waals surface area contributed by atoms with Crippen LogP contribution < -0.4 is 4.72 Å². The second-order valence-electron chi connectivity index (χ2n) is 4.92. The van der Waals surface area contributed by atoms with Gasteiger partial charge in [0.25, 0.3) is 0 Å². The first-order valence-electron chi connectivity index (χ1n) is 5.69. The Labute approximate surface area is 114 Å². The van der Waals surface area contributed by atoms with Crippen molar-refractivity contribution in [3.63, 3.8) is 0 Å². The second-order valence-corrected chi connectivity index (χ2v) is 7.30. The maximum Gasteiger partial charge on any atom is 0.433 e. The predicted molar refractivity (Wildman–Crippen MR) is 70.2 cm³/mol. The number of nitrogens with one attached hydrogen (secondary N) is 1. The standard InChI is InChI=1S/C12H18F3N2OS/c1-11(2,3)19(18-4)17-8-9-5-6-10(16-7-9)12(13,14)15/h5-7,17H,8H2,1-4H3/q+1. The van der Waals surface area contributed by atoms with Gasteiger partial charge in [0, 0.05) is 6.20 Å². The minimum absolute atomic E-state index is 0.0753. The average molecular weight is 295 g/mol. The summed E-state index contributed by atoms with van der Waals surface area (Å²) in [6.45, 7) is 6.49. The van der Waals surface area contributed by atoms with Crippen molar-refractivity contribution in [1.82, 2.24) is 9.71 Å². The number of nitrogens with zero attached hydrogens (tertiary/aromatic N) is 1. The first-order chi connectivity index (χ1) is 8.64. The molecule has 1 unspecified atom stereocenters. The highest BCUT2D eigenvalue weighted by Crippen LogP contribution is 2.27. The molecule has 7 heteroatoms. The van der Waals surface area contributed by atoms with Crippen molar-refractivity contribution >= 4 is 11.4 Å². The summed E-state index contributed by atoms with van der Waals surface area (Å²) in [5.74, 6) is 0. The molecule has 19 heavy (non-hydrogen) atoms. The van der Waals surface area contributed by atoms with Crippen molar-refractivity contribution in [2.45, 2.75) is 38.2 Å². The molecule has 3 nitrogen and oxygen atoms in total. The van der Waals surface area contributed by atoms with Gasteiger partial charge < -0.3 is 0 Å². The summed E-state index contributed by atoms with van der Waals surface area (Å²) < 4.78 is 45.5. The summed E-state index contributed by atoms with van der Waals surface area (Å²) in [6.07, 6.45) is -3.16. The van der Waals surface area contributed by atoms with Gasteiger partial charge in [-0.2, -0.15) is 17.4 Å². The van der Waals surface area contributed by atoms with E-state index in [1.54, 1.807) is 7.11 Å². The van der Waals surface area contributed by atoms with Crippen LogP contribution in [-0.2, 0) is 28.3 Å². The normalized spacial score (nSPS) is 14.5. The molecular formula is C12H18F3N2OS+. The van der Waals surface area contributed by atoms with Crippen LogP contribution >= 0.6 is 0 Å². The Kier molecular flexibility index (Phi) is 5.23. The Morgan fingerprint density at radius 3 is 2.26 bits per heavy atom. The van der Waals surface area contributed by atoms with Gasteiger partial charge in [-0.3, -0.25) is 4.98 Å². The molecule has 0 aromatic carbocycles. The maximum atomic E-state index is 12.3. The zero-order valence-corrected chi connectivity index (χ0v) is 12.2. The topological polar surface area (TPSA) is 34.1 Å². The zero-order valence-electron chi connectivity index (χ0n) is 11.3.